The van der Waals surface area contributed by atoms with Crippen LogP contribution < -0.4 is 10.2 Å². The van der Waals surface area contributed by atoms with Crippen molar-refractivity contribution in [1.82, 2.24) is 30.0 Å². The number of hydrogen-bond acceptors (Lipinski definition) is 7. The van der Waals surface area contributed by atoms with E-state index in [1.807, 2.05) is 4.90 Å². The fourth-order valence-corrected chi connectivity index (χ4v) is 5.57. The highest BCUT2D eigenvalue weighted by molar-refractivity contribution is 5.93. The molecule has 0 bridgehead atoms. The fraction of sp³-hybridized carbons (Fsp3) is 0.286. The first kappa shape index (κ1) is 27.7. The maximum atomic E-state index is 14.0. The molecular weight excluding hydrogens is 561 g/mol. The molecule has 2 fully saturated rings. The molecule has 2 saturated heterocycles. The van der Waals surface area contributed by atoms with Crippen molar-refractivity contribution in [3.8, 4) is 17.1 Å². The molecule has 0 aliphatic carbocycles. The molecule has 9 nitrogen and oxygen atoms in total. The summed E-state index contributed by atoms with van der Waals surface area (Å²) >= 11 is 0. The average Bonchev–Trinajstić information content (AvgIpc) is 3.56. The highest BCUT2D eigenvalue weighted by Gasteiger charge is 2.51. The Morgan fingerprint density at radius 3 is 2.36 bits per heavy atom. The lowest BCUT2D eigenvalue weighted by Crippen LogP contribution is -2.56. The van der Waals surface area contributed by atoms with Crippen molar-refractivity contribution < 1.29 is 31.9 Å². The third kappa shape index (κ3) is 4.86. The number of amides is 1. The van der Waals surface area contributed by atoms with Crippen LogP contribution in [0.2, 0.25) is 0 Å². The molecule has 2 aliphatic rings. The number of hydrogen-bond donors (Lipinski definition) is 2. The van der Waals surface area contributed by atoms with Crippen LogP contribution in [0, 0.1) is 11.6 Å². The lowest BCUT2D eigenvalue weighted by molar-refractivity contribution is -0.140. The van der Waals surface area contributed by atoms with Gasteiger partial charge >= 0.3 is 6.18 Å². The van der Waals surface area contributed by atoms with Gasteiger partial charge < -0.3 is 15.3 Å². The van der Waals surface area contributed by atoms with Gasteiger partial charge in [-0.2, -0.15) is 18.3 Å². The summed E-state index contributed by atoms with van der Waals surface area (Å²) in [6.45, 7) is 0.833. The molecule has 14 heteroatoms. The van der Waals surface area contributed by atoms with Crippen molar-refractivity contribution in [3.63, 3.8) is 0 Å². The van der Waals surface area contributed by atoms with Gasteiger partial charge in [0.25, 0.3) is 0 Å². The zero-order valence-electron chi connectivity index (χ0n) is 21.9. The first-order valence-electron chi connectivity index (χ1n) is 13.0. The minimum atomic E-state index is -4.93. The smallest absolute Gasteiger partial charge is 0.372 e. The molecule has 6 rings (SSSR count). The maximum Gasteiger partial charge on any atom is 0.419 e. The summed E-state index contributed by atoms with van der Waals surface area (Å²) in [4.78, 5) is 24.8. The van der Waals surface area contributed by atoms with Crippen molar-refractivity contribution in [2.24, 2.45) is 0 Å². The lowest BCUT2D eigenvalue weighted by Gasteiger charge is -2.44. The standard InChI is InChI=1S/C28H24F5N7O2/c29-17-1-3-18(4-2-17)39-16-36-26(42)27(39)7-11-38(12-8-27)25(41)22-14-24(23-15-34-9-10-35-23)40(37-22)19-5-6-21(30)20(13-19)28(31,32)33/h1-6,9-10,13-15,25,41H,7-8,11-12,16H2,(H,36,42). The van der Waals surface area contributed by atoms with Gasteiger partial charge in [0.05, 0.1) is 29.8 Å². The SMILES string of the molecule is O=C1NCN(c2ccc(F)cc2)C12CCN(C(O)c1cc(-c3cnccn3)n(-c3ccc(F)c(C(F)(F)F)c3)n1)CC2. The zero-order chi connectivity index (χ0) is 29.6. The number of carbonyl (C=O) groups excluding carboxylic acids is 1. The molecule has 2 aliphatic heterocycles. The van der Waals surface area contributed by atoms with Crippen LogP contribution >= 0.6 is 0 Å². The zero-order valence-corrected chi connectivity index (χ0v) is 21.9. The summed E-state index contributed by atoms with van der Waals surface area (Å²) in [5.41, 5.74) is -1.10. The van der Waals surface area contributed by atoms with E-state index in [1.165, 1.54) is 36.8 Å². The second-order valence-corrected chi connectivity index (χ2v) is 10.1. The minimum Gasteiger partial charge on any atom is -0.372 e. The number of aliphatic hydroxyl groups is 1. The summed E-state index contributed by atoms with van der Waals surface area (Å²) < 4.78 is 69.1. The number of anilines is 1. The number of halogens is 5. The Balaban J connectivity index is 1.29. The highest BCUT2D eigenvalue weighted by Crippen LogP contribution is 2.39. The molecule has 218 valence electrons. The van der Waals surface area contributed by atoms with Crippen LogP contribution in [0.4, 0.5) is 27.6 Å². The Morgan fingerprint density at radius 1 is 0.976 bits per heavy atom. The Labute approximate surface area is 236 Å². The van der Waals surface area contributed by atoms with E-state index in [9.17, 15) is 31.9 Å². The summed E-state index contributed by atoms with van der Waals surface area (Å²) in [6, 6.07) is 9.87. The van der Waals surface area contributed by atoms with E-state index in [2.05, 4.69) is 20.4 Å². The second-order valence-electron chi connectivity index (χ2n) is 10.1. The van der Waals surface area contributed by atoms with E-state index in [4.69, 9.17) is 0 Å². The molecule has 1 unspecified atom stereocenters. The molecule has 1 amide bonds. The molecule has 4 aromatic rings. The number of carbonyl (C=O) groups is 1. The second kappa shape index (κ2) is 10.4. The van der Waals surface area contributed by atoms with E-state index in [1.54, 1.807) is 17.0 Å². The number of alkyl halides is 3. The molecular formula is C28H24F5N7O2. The van der Waals surface area contributed by atoms with Gasteiger partial charge in [-0.1, -0.05) is 0 Å². The average molecular weight is 586 g/mol. The molecule has 0 radical (unpaired) electrons. The largest absolute Gasteiger partial charge is 0.419 e. The molecule has 2 N–H and O–H groups in total. The van der Waals surface area contributed by atoms with Crippen molar-refractivity contribution in [2.75, 3.05) is 24.7 Å². The van der Waals surface area contributed by atoms with E-state index in [0.717, 1.165) is 10.7 Å². The maximum absolute atomic E-state index is 14.0. The molecule has 0 saturated carbocycles. The van der Waals surface area contributed by atoms with Gasteiger partial charge in [-0.05, 0) is 61.4 Å². The van der Waals surface area contributed by atoms with Gasteiger partial charge in [-0.25, -0.2) is 13.5 Å². The van der Waals surface area contributed by atoms with Gasteiger partial charge in [0.1, 0.15) is 28.6 Å². The summed E-state index contributed by atoms with van der Waals surface area (Å²) in [5.74, 6) is -1.97. The first-order valence-corrected chi connectivity index (χ1v) is 13.0. The monoisotopic (exact) mass is 585 g/mol. The number of likely N-dealkylation sites (tertiary alicyclic amines) is 1. The molecule has 2 aromatic heterocycles. The van der Waals surface area contributed by atoms with Crippen LogP contribution in [0.5, 0.6) is 0 Å². The van der Waals surface area contributed by atoms with Crippen LogP contribution in [0.3, 0.4) is 0 Å². The van der Waals surface area contributed by atoms with Crippen molar-refractivity contribution >= 4 is 11.6 Å². The molecule has 4 heterocycles. The Hall–Kier alpha value is -4.43. The highest BCUT2D eigenvalue weighted by atomic mass is 19.4. The van der Waals surface area contributed by atoms with Crippen LogP contribution in [-0.4, -0.2) is 61.0 Å². The van der Waals surface area contributed by atoms with Crippen LogP contribution in [0.15, 0.2) is 67.1 Å². The quantitative estimate of drug-likeness (QED) is 0.341. The van der Waals surface area contributed by atoms with Crippen molar-refractivity contribution in [1.29, 1.82) is 0 Å². The Kier molecular flexibility index (Phi) is 6.89. The Bertz CT molecular complexity index is 1600. The van der Waals surface area contributed by atoms with Gasteiger partial charge in [0.2, 0.25) is 5.91 Å². The van der Waals surface area contributed by atoms with Gasteiger partial charge in [-0.15, -0.1) is 0 Å². The molecule has 2 aromatic carbocycles. The number of nitrogens with zero attached hydrogens (tertiary/aromatic N) is 6. The number of benzene rings is 2. The topological polar surface area (TPSA) is 99.4 Å². The predicted molar refractivity (Wildman–Crippen MR) is 140 cm³/mol. The van der Waals surface area contributed by atoms with Crippen molar-refractivity contribution in [2.45, 2.75) is 30.8 Å². The predicted octanol–water partition coefficient (Wildman–Crippen LogP) is 4.05. The van der Waals surface area contributed by atoms with Crippen LogP contribution in [0.1, 0.15) is 30.3 Å². The molecule has 42 heavy (non-hydrogen) atoms. The third-order valence-corrected chi connectivity index (χ3v) is 7.76. The van der Waals surface area contributed by atoms with E-state index < -0.39 is 29.3 Å². The molecule has 1 spiro atoms. The van der Waals surface area contributed by atoms with Crippen LogP contribution in [-0.2, 0) is 11.0 Å². The van der Waals surface area contributed by atoms with Crippen LogP contribution in [0.25, 0.3) is 17.1 Å². The van der Waals surface area contributed by atoms with E-state index in [-0.39, 0.29) is 54.3 Å². The van der Waals surface area contributed by atoms with Gasteiger partial charge in [0.15, 0.2) is 6.23 Å². The fourth-order valence-electron chi connectivity index (χ4n) is 5.57. The first-order chi connectivity index (χ1) is 20.1. The van der Waals surface area contributed by atoms with Gasteiger partial charge in [0, 0.05) is 31.2 Å². The van der Waals surface area contributed by atoms with Crippen molar-refractivity contribution in [3.05, 3.63) is 90.0 Å². The minimum absolute atomic E-state index is 0.0852. The summed E-state index contributed by atoms with van der Waals surface area (Å²) in [7, 11) is 0. The third-order valence-electron chi connectivity index (χ3n) is 7.76. The number of piperidine rings is 1. The lowest BCUT2D eigenvalue weighted by atomic mass is 9.85. The summed E-state index contributed by atoms with van der Waals surface area (Å²) in [6.07, 6.45) is -1.29. The Morgan fingerprint density at radius 2 is 1.69 bits per heavy atom. The number of nitrogens with one attached hydrogen (secondary N) is 1. The number of aliphatic hydroxyl groups excluding tert-OH is 1. The normalized spacial score (nSPS) is 18.0. The number of rotatable bonds is 5. The molecule has 1 atom stereocenters. The summed E-state index contributed by atoms with van der Waals surface area (Å²) in [5, 5.41) is 18.6. The van der Waals surface area contributed by atoms with E-state index in [0.29, 0.717) is 30.7 Å². The number of aromatic nitrogens is 4. The van der Waals surface area contributed by atoms with Gasteiger partial charge in [-0.3, -0.25) is 19.7 Å². The van der Waals surface area contributed by atoms with E-state index >= 15 is 0 Å².